The number of nitrogens with one attached hydrogen (secondary N) is 2. The number of carbonyl (C=O) groups is 2. The molecule has 6 nitrogen and oxygen atoms in total. The van der Waals surface area contributed by atoms with Crippen LogP contribution in [0.2, 0.25) is 0 Å². The summed E-state index contributed by atoms with van der Waals surface area (Å²) in [6.07, 6.45) is -5.00. The molecule has 3 aromatic rings. The lowest BCUT2D eigenvalue weighted by atomic mass is 10.1. The lowest BCUT2D eigenvalue weighted by Crippen LogP contribution is -2.57. The molecule has 0 radical (unpaired) electrons. The first kappa shape index (κ1) is 25.7. The van der Waals surface area contributed by atoms with Crippen molar-refractivity contribution in [3.05, 3.63) is 65.9 Å². The standard InChI is InChI=1S/C22H17F7N4O2/c1-12(31-32-18(34)16-11-33(2)17-6-4-3-5-15(16)17)13-7-9-14(10-8-13)30-19(35)20(23,24)21(25,26)22(27,28)29/h3-11H,1-2H3,(H,30,35)(H,32,34)/b31-12-. The number of aryl methyl sites for hydroxylation is 1. The Kier molecular flexibility index (Phi) is 6.64. The highest BCUT2D eigenvalue weighted by Gasteiger charge is 2.76. The third-order valence-electron chi connectivity index (χ3n) is 5.06. The van der Waals surface area contributed by atoms with Crippen molar-refractivity contribution in [2.75, 3.05) is 5.32 Å². The van der Waals surface area contributed by atoms with Crippen LogP contribution in [0.25, 0.3) is 10.9 Å². The number of benzene rings is 2. The van der Waals surface area contributed by atoms with Gasteiger partial charge >= 0.3 is 23.9 Å². The molecular formula is C22H17F7N4O2. The molecule has 0 unspecified atom stereocenters. The maximum atomic E-state index is 13.5. The van der Waals surface area contributed by atoms with Gasteiger partial charge in [-0.05, 0) is 30.7 Å². The van der Waals surface area contributed by atoms with Gasteiger partial charge in [-0.1, -0.05) is 30.3 Å². The Bertz CT molecular complexity index is 1300. The minimum Gasteiger partial charge on any atom is -0.350 e. The van der Waals surface area contributed by atoms with E-state index in [0.29, 0.717) is 16.5 Å². The van der Waals surface area contributed by atoms with Crippen molar-refractivity contribution in [3.8, 4) is 0 Å². The van der Waals surface area contributed by atoms with Gasteiger partial charge in [-0.25, -0.2) is 5.43 Å². The van der Waals surface area contributed by atoms with Crippen molar-refractivity contribution >= 4 is 34.1 Å². The van der Waals surface area contributed by atoms with E-state index >= 15 is 0 Å². The van der Waals surface area contributed by atoms with Gasteiger partial charge in [0, 0.05) is 29.8 Å². The summed E-state index contributed by atoms with van der Waals surface area (Å²) in [4.78, 5) is 24.0. The van der Waals surface area contributed by atoms with Gasteiger partial charge in [0.1, 0.15) is 0 Å². The average Bonchev–Trinajstić information content (AvgIpc) is 3.13. The largest absolute Gasteiger partial charge is 0.460 e. The van der Waals surface area contributed by atoms with Crippen LogP contribution in [0.15, 0.2) is 59.8 Å². The van der Waals surface area contributed by atoms with E-state index in [2.05, 4.69) is 10.5 Å². The average molecular weight is 502 g/mol. The molecule has 0 aliphatic rings. The summed E-state index contributed by atoms with van der Waals surface area (Å²) in [6.45, 7) is 1.50. The molecule has 186 valence electrons. The Hall–Kier alpha value is -3.90. The number of fused-ring (bicyclic) bond motifs is 1. The van der Waals surface area contributed by atoms with E-state index in [1.807, 2.05) is 12.1 Å². The van der Waals surface area contributed by atoms with Crippen LogP contribution in [0.4, 0.5) is 36.4 Å². The van der Waals surface area contributed by atoms with E-state index in [0.717, 1.165) is 17.6 Å². The first-order valence-electron chi connectivity index (χ1n) is 9.79. The zero-order chi connectivity index (χ0) is 26.2. The number of alkyl halides is 7. The normalized spacial score (nSPS) is 13.1. The summed E-state index contributed by atoms with van der Waals surface area (Å²) in [5, 5.41) is 5.99. The highest BCUT2D eigenvalue weighted by molar-refractivity contribution is 6.08. The summed E-state index contributed by atoms with van der Waals surface area (Å²) >= 11 is 0. The Labute approximate surface area is 193 Å². The fraction of sp³-hybridized carbons (Fsp3) is 0.227. The Morgan fingerprint density at radius 2 is 1.51 bits per heavy atom. The topological polar surface area (TPSA) is 75.5 Å². The lowest BCUT2D eigenvalue weighted by Gasteiger charge is -2.27. The van der Waals surface area contributed by atoms with E-state index in [9.17, 15) is 40.3 Å². The monoisotopic (exact) mass is 502 g/mol. The molecule has 3 rings (SSSR count). The number of hydrogen-bond acceptors (Lipinski definition) is 3. The number of halogens is 7. The molecule has 0 aliphatic heterocycles. The first-order valence-corrected chi connectivity index (χ1v) is 9.79. The zero-order valence-electron chi connectivity index (χ0n) is 18.1. The van der Waals surface area contributed by atoms with Gasteiger partial charge in [0.05, 0.1) is 11.3 Å². The second-order valence-corrected chi connectivity index (χ2v) is 7.49. The fourth-order valence-electron chi connectivity index (χ4n) is 3.11. The molecule has 13 heteroatoms. The number of rotatable bonds is 6. The van der Waals surface area contributed by atoms with Crippen LogP contribution in [0.1, 0.15) is 22.8 Å². The van der Waals surface area contributed by atoms with E-state index < -0.39 is 35.5 Å². The number of nitrogens with zero attached hydrogens (tertiary/aromatic N) is 2. The van der Waals surface area contributed by atoms with Crippen LogP contribution in [-0.4, -0.2) is 40.1 Å². The number of hydrazone groups is 1. The molecular weight excluding hydrogens is 485 g/mol. The second kappa shape index (κ2) is 9.04. The van der Waals surface area contributed by atoms with Gasteiger partial charge in [-0.3, -0.25) is 9.59 Å². The zero-order valence-corrected chi connectivity index (χ0v) is 18.1. The molecule has 35 heavy (non-hydrogen) atoms. The summed E-state index contributed by atoms with van der Waals surface area (Å²) in [6, 6.07) is 11.7. The van der Waals surface area contributed by atoms with Crippen molar-refractivity contribution in [2.45, 2.75) is 24.9 Å². The van der Waals surface area contributed by atoms with Gasteiger partial charge in [0.25, 0.3) is 5.91 Å². The Morgan fingerprint density at radius 1 is 0.914 bits per heavy atom. The summed E-state index contributed by atoms with van der Waals surface area (Å²) < 4.78 is 91.4. The van der Waals surface area contributed by atoms with Crippen LogP contribution in [0.3, 0.4) is 0 Å². The number of hydrogen-bond donors (Lipinski definition) is 2. The van der Waals surface area contributed by atoms with Crippen molar-refractivity contribution < 1.29 is 40.3 Å². The Morgan fingerprint density at radius 3 is 2.11 bits per heavy atom. The number of carbonyl (C=O) groups excluding carboxylic acids is 2. The molecule has 0 spiro atoms. The molecule has 2 aromatic carbocycles. The van der Waals surface area contributed by atoms with Gasteiger partial charge < -0.3 is 9.88 Å². The molecule has 0 saturated carbocycles. The van der Waals surface area contributed by atoms with Crippen molar-refractivity contribution in [3.63, 3.8) is 0 Å². The van der Waals surface area contributed by atoms with Gasteiger partial charge in [0.15, 0.2) is 0 Å². The number of para-hydroxylation sites is 1. The minimum atomic E-state index is -6.62. The van der Waals surface area contributed by atoms with Crippen LogP contribution in [0, 0.1) is 0 Å². The number of anilines is 1. The van der Waals surface area contributed by atoms with E-state index in [1.54, 1.807) is 29.9 Å². The lowest BCUT2D eigenvalue weighted by molar-refractivity contribution is -0.343. The molecule has 1 heterocycles. The molecule has 0 saturated heterocycles. The minimum absolute atomic E-state index is 0.255. The van der Waals surface area contributed by atoms with E-state index in [-0.39, 0.29) is 5.71 Å². The third-order valence-corrected chi connectivity index (χ3v) is 5.06. The van der Waals surface area contributed by atoms with Gasteiger partial charge in [-0.15, -0.1) is 0 Å². The quantitative estimate of drug-likeness (QED) is 0.280. The first-order chi connectivity index (χ1) is 16.2. The second-order valence-electron chi connectivity index (χ2n) is 7.49. The predicted molar refractivity (Wildman–Crippen MR) is 114 cm³/mol. The number of aromatic nitrogens is 1. The van der Waals surface area contributed by atoms with E-state index in [4.69, 9.17) is 0 Å². The SMILES string of the molecule is C/C(=N/NC(=O)c1cn(C)c2ccccc12)c1ccc(NC(=O)C(F)(F)C(F)(F)C(F)(F)F)cc1. The highest BCUT2D eigenvalue weighted by atomic mass is 19.4. The molecule has 2 amide bonds. The summed E-state index contributed by atoms with van der Waals surface area (Å²) in [5.41, 5.74) is 3.72. The third kappa shape index (κ3) is 4.84. The van der Waals surface area contributed by atoms with Crippen molar-refractivity contribution in [1.82, 2.24) is 9.99 Å². The van der Waals surface area contributed by atoms with E-state index in [1.165, 1.54) is 24.4 Å². The molecule has 1 aromatic heterocycles. The fourth-order valence-corrected chi connectivity index (χ4v) is 3.11. The predicted octanol–water partition coefficient (Wildman–Crippen LogP) is 5.10. The van der Waals surface area contributed by atoms with Crippen LogP contribution < -0.4 is 10.7 Å². The maximum absolute atomic E-state index is 13.5. The smallest absolute Gasteiger partial charge is 0.350 e. The van der Waals surface area contributed by atoms with Gasteiger partial charge in [0.2, 0.25) is 0 Å². The van der Waals surface area contributed by atoms with Crippen molar-refractivity contribution in [1.29, 1.82) is 0 Å². The molecule has 2 N–H and O–H groups in total. The molecule has 0 fully saturated rings. The van der Waals surface area contributed by atoms with Crippen LogP contribution in [0.5, 0.6) is 0 Å². The summed E-state index contributed by atoms with van der Waals surface area (Å²) in [5.74, 6) is -15.9. The Balaban J connectivity index is 1.70. The molecule has 0 bridgehead atoms. The number of amides is 2. The van der Waals surface area contributed by atoms with Crippen molar-refractivity contribution in [2.24, 2.45) is 12.1 Å². The molecule has 0 aliphatic carbocycles. The summed E-state index contributed by atoms with van der Waals surface area (Å²) in [7, 11) is 1.77. The van der Waals surface area contributed by atoms with Gasteiger partial charge in [-0.2, -0.15) is 35.8 Å². The maximum Gasteiger partial charge on any atom is 0.460 e. The van der Waals surface area contributed by atoms with Crippen LogP contribution >= 0.6 is 0 Å². The van der Waals surface area contributed by atoms with Crippen LogP contribution in [-0.2, 0) is 11.8 Å². The highest BCUT2D eigenvalue weighted by Crippen LogP contribution is 2.46. The molecule has 0 atom stereocenters.